The standard InChI is InChI=1S/C25H29F3N4O4S/c1-14-7-16-8-15(2)12-24(11-14,13-16)22(34)30-3-5-31(6-4-30)23-29-21(33)18-9-17(25(26,27)28)10-19(32(35)36)20(18)37-23/h9-10,14-16H,3-8,11-13H2,1-2H3. The molecule has 5 rings (SSSR count). The summed E-state index contributed by atoms with van der Waals surface area (Å²) in [6.07, 6.45) is 0.281. The highest BCUT2D eigenvalue weighted by Gasteiger charge is 2.50. The number of rotatable bonds is 3. The number of fused-ring (bicyclic) bond motifs is 3. The minimum Gasteiger partial charge on any atom is -0.344 e. The molecule has 2 unspecified atom stereocenters. The van der Waals surface area contributed by atoms with E-state index in [9.17, 15) is 32.9 Å². The Balaban J connectivity index is 1.38. The third-order valence-corrected chi connectivity index (χ3v) is 9.30. The summed E-state index contributed by atoms with van der Waals surface area (Å²) >= 11 is 0.836. The lowest BCUT2D eigenvalue weighted by Crippen LogP contribution is -2.56. The quantitative estimate of drug-likeness (QED) is 0.399. The third kappa shape index (κ3) is 4.80. The highest BCUT2D eigenvalue weighted by atomic mass is 32.1. The summed E-state index contributed by atoms with van der Waals surface area (Å²) in [5, 5.41) is 11.3. The maximum absolute atomic E-state index is 13.8. The van der Waals surface area contributed by atoms with E-state index in [4.69, 9.17) is 0 Å². The maximum atomic E-state index is 13.8. The third-order valence-electron chi connectivity index (χ3n) is 8.13. The van der Waals surface area contributed by atoms with Crippen molar-refractivity contribution in [2.24, 2.45) is 23.2 Å². The predicted octanol–water partition coefficient (Wildman–Crippen LogP) is 5.08. The number of non-ortho nitro benzene ring substituents is 1. The zero-order chi connectivity index (χ0) is 26.7. The highest BCUT2D eigenvalue weighted by molar-refractivity contribution is 7.22. The molecule has 1 aromatic carbocycles. The predicted molar refractivity (Wildman–Crippen MR) is 134 cm³/mol. The largest absolute Gasteiger partial charge is 0.416 e. The molecule has 2 atom stereocenters. The van der Waals surface area contributed by atoms with Crippen LogP contribution in [0.5, 0.6) is 0 Å². The number of aromatic nitrogens is 1. The summed E-state index contributed by atoms with van der Waals surface area (Å²) in [7, 11) is 0. The number of halogens is 3. The lowest BCUT2D eigenvalue weighted by atomic mass is 9.56. The van der Waals surface area contributed by atoms with E-state index in [1.807, 2.05) is 4.90 Å². The molecular formula is C25H29F3N4O4S. The number of amides is 1. The van der Waals surface area contributed by atoms with E-state index < -0.39 is 33.3 Å². The summed E-state index contributed by atoms with van der Waals surface area (Å²) in [4.78, 5) is 44.7. The summed E-state index contributed by atoms with van der Waals surface area (Å²) in [5.74, 6) is 1.82. The van der Waals surface area contributed by atoms with E-state index in [1.165, 1.54) is 12.8 Å². The molecule has 3 aliphatic rings. The van der Waals surface area contributed by atoms with Crippen LogP contribution in [0.3, 0.4) is 0 Å². The van der Waals surface area contributed by atoms with Crippen LogP contribution >= 0.6 is 11.3 Å². The van der Waals surface area contributed by atoms with Crippen molar-refractivity contribution in [3.8, 4) is 0 Å². The van der Waals surface area contributed by atoms with Crippen LogP contribution in [0, 0.1) is 33.3 Å². The van der Waals surface area contributed by atoms with E-state index in [-0.39, 0.29) is 21.2 Å². The number of benzene rings is 1. The van der Waals surface area contributed by atoms with Gasteiger partial charge in [-0.05, 0) is 55.9 Å². The summed E-state index contributed by atoms with van der Waals surface area (Å²) in [6.45, 7) is 6.10. The van der Waals surface area contributed by atoms with Gasteiger partial charge in [0.2, 0.25) is 5.91 Å². The first-order chi connectivity index (χ1) is 17.4. The second kappa shape index (κ2) is 9.21. The number of hydrogen-bond acceptors (Lipinski definition) is 7. The molecule has 1 aliphatic heterocycles. The molecule has 2 saturated carbocycles. The topological polar surface area (TPSA) is 96.7 Å². The number of nitrogens with zero attached hydrogens (tertiary/aromatic N) is 4. The molecule has 0 spiro atoms. The smallest absolute Gasteiger partial charge is 0.344 e. The molecule has 2 heterocycles. The molecule has 12 heteroatoms. The second-order valence-corrected chi connectivity index (χ2v) is 12.1. The first kappa shape index (κ1) is 25.9. The normalized spacial score (nSPS) is 28.4. The average molecular weight is 539 g/mol. The average Bonchev–Trinajstić information content (AvgIpc) is 2.81. The van der Waals surface area contributed by atoms with Gasteiger partial charge in [0.25, 0.3) is 11.2 Å². The molecule has 2 aliphatic carbocycles. The molecule has 200 valence electrons. The number of carbonyl (C=O) groups is 1. The molecule has 37 heavy (non-hydrogen) atoms. The van der Waals surface area contributed by atoms with Gasteiger partial charge in [0.1, 0.15) is 4.70 Å². The van der Waals surface area contributed by atoms with E-state index >= 15 is 0 Å². The Morgan fingerprint density at radius 3 is 2.30 bits per heavy atom. The molecule has 1 saturated heterocycles. The minimum absolute atomic E-state index is 0.135. The van der Waals surface area contributed by atoms with E-state index in [0.717, 1.165) is 30.6 Å². The monoisotopic (exact) mass is 538 g/mol. The maximum Gasteiger partial charge on any atom is 0.416 e. The Kier molecular flexibility index (Phi) is 6.44. The SMILES string of the molecule is CC1CC2CC(C)CC(C(=O)N3CCN(c4nc(=O)c5cc(C(F)(F)F)cc([N+](=O)[O-])c5s4)CC3)(C1)C2. The van der Waals surface area contributed by atoms with Crippen LogP contribution in [-0.4, -0.2) is 46.9 Å². The fourth-order valence-electron chi connectivity index (χ4n) is 6.98. The number of nitro groups is 1. The van der Waals surface area contributed by atoms with Gasteiger partial charge in [-0.1, -0.05) is 25.2 Å². The van der Waals surface area contributed by atoms with Crippen molar-refractivity contribution in [2.75, 3.05) is 31.1 Å². The van der Waals surface area contributed by atoms with Gasteiger partial charge < -0.3 is 9.80 Å². The number of carbonyl (C=O) groups excluding carboxylic acids is 1. The Labute approximate surface area is 215 Å². The first-order valence-corrected chi connectivity index (χ1v) is 13.4. The van der Waals surface area contributed by atoms with Gasteiger partial charge in [-0.3, -0.25) is 19.7 Å². The first-order valence-electron chi connectivity index (χ1n) is 12.6. The van der Waals surface area contributed by atoms with Crippen molar-refractivity contribution < 1.29 is 22.9 Å². The van der Waals surface area contributed by atoms with Crippen molar-refractivity contribution >= 4 is 38.1 Å². The fourth-order valence-corrected chi connectivity index (χ4v) is 8.09. The molecular weight excluding hydrogens is 509 g/mol. The van der Waals surface area contributed by atoms with E-state index in [1.54, 1.807) is 4.90 Å². The Bertz CT molecular complexity index is 1290. The molecule has 1 amide bonds. The van der Waals surface area contributed by atoms with Gasteiger partial charge in [-0.15, -0.1) is 0 Å². The molecule has 0 N–H and O–H groups in total. The van der Waals surface area contributed by atoms with Crippen LogP contribution in [0.25, 0.3) is 10.1 Å². The Morgan fingerprint density at radius 2 is 1.73 bits per heavy atom. The van der Waals surface area contributed by atoms with Gasteiger partial charge >= 0.3 is 6.18 Å². The van der Waals surface area contributed by atoms with Gasteiger partial charge in [0.05, 0.1) is 21.3 Å². The number of hydrogen-bond donors (Lipinski definition) is 0. The van der Waals surface area contributed by atoms with Crippen LogP contribution in [0.4, 0.5) is 24.0 Å². The van der Waals surface area contributed by atoms with Gasteiger partial charge in [-0.25, -0.2) is 0 Å². The van der Waals surface area contributed by atoms with Crippen molar-refractivity contribution in [3.05, 3.63) is 38.2 Å². The fraction of sp³-hybridized carbons (Fsp3) is 0.640. The summed E-state index contributed by atoms with van der Waals surface area (Å²) in [5.41, 5.74) is -3.27. The molecule has 3 fully saturated rings. The zero-order valence-electron chi connectivity index (χ0n) is 20.7. The van der Waals surface area contributed by atoms with E-state index in [0.29, 0.717) is 56.1 Å². The number of piperazine rings is 1. The Morgan fingerprint density at radius 1 is 1.11 bits per heavy atom. The molecule has 8 nitrogen and oxygen atoms in total. The van der Waals surface area contributed by atoms with Crippen LogP contribution in [0.2, 0.25) is 0 Å². The highest BCUT2D eigenvalue weighted by Crippen LogP contribution is 2.53. The number of anilines is 1. The lowest BCUT2D eigenvalue weighted by molar-refractivity contribution is -0.383. The molecule has 2 aromatic rings. The van der Waals surface area contributed by atoms with Crippen LogP contribution in [0.15, 0.2) is 16.9 Å². The van der Waals surface area contributed by atoms with Gasteiger partial charge in [0, 0.05) is 32.2 Å². The molecule has 1 aromatic heterocycles. The molecule has 2 bridgehead atoms. The summed E-state index contributed by atoms with van der Waals surface area (Å²) in [6, 6.07) is 1.08. The van der Waals surface area contributed by atoms with Crippen LogP contribution in [-0.2, 0) is 11.0 Å². The van der Waals surface area contributed by atoms with Crippen LogP contribution < -0.4 is 10.5 Å². The Hall–Kier alpha value is -2.76. The van der Waals surface area contributed by atoms with Crippen molar-refractivity contribution in [3.63, 3.8) is 0 Å². The molecule has 0 radical (unpaired) electrons. The second-order valence-electron chi connectivity index (χ2n) is 11.1. The minimum atomic E-state index is -4.83. The van der Waals surface area contributed by atoms with Crippen molar-refractivity contribution in [2.45, 2.75) is 52.1 Å². The van der Waals surface area contributed by atoms with Gasteiger partial charge in [-0.2, -0.15) is 18.2 Å². The van der Waals surface area contributed by atoms with E-state index in [2.05, 4.69) is 18.8 Å². The summed E-state index contributed by atoms with van der Waals surface area (Å²) < 4.78 is 39.6. The van der Waals surface area contributed by atoms with Crippen LogP contribution in [0.1, 0.15) is 51.5 Å². The number of nitro benzene ring substituents is 1. The lowest BCUT2D eigenvalue weighted by Gasteiger charge is -2.51. The number of alkyl halides is 3. The van der Waals surface area contributed by atoms with Crippen molar-refractivity contribution in [1.82, 2.24) is 9.88 Å². The van der Waals surface area contributed by atoms with Gasteiger partial charge in [0.15, 0.2) is 5.13 Å². The zero-order valence-corrected chi connectivity index (χ0v) is 21.5. The van der Waals surface area contributed by atoms with Crippen molar-refractivity contribution in [1.29, 1.82) is 0 Å².